The van der Waals surface area contributed by atoms with Crippen LogP contribution in [0.3, 0.4) is 0 Å². The van der Waals surface area contributed by atoms with Gasteiger partial charge >= 0.3 is 0 Å². The third kappa shape index (κ3) is 3.34. The average Bonchev–Trinajstić information content (AvgIpc) is 2.55. The lowest BCUT2D eigenvalue weighted by molar-refractivity contribution is -0.123. The van der Waals surface area contributed by atoms with Crippen LogP contribution in [-0.2, 0) is 16.6 Å². The number of allylic oxidation sites excluding steroid dienone is 1. The van der Waals surface area contributed by atoms with Crippen molar-refractivity contribution in [1.29, 1.82) is 0 Å². The Morgan fingerprint density at radius 3 is 2.75 bits per heavy atom. The SMILES string of the molecule is CSc1ncc(/C=C/C(=O)CC(C)=O)n1C. The van der Waals surface area contributed by atoms with Crippen LogP contribution >= 0.6 is 11.8 Å². The minimum Gasteiger partial charge on any atom is -0.323 e. The molecule has 0 atom stereocenters. The Labute approximate surface area is 98.7 Å². The zero-order chi connectivity index (χ0) is 12.1. The number of hydrogen-bond donors (Lipinski definition) is 0. The fraction of sp³-hybridized carbons (Fsp3) is 0.364. The van der Waals surface area contributed by atoms with Crippen LogP contribution in [0.15, 0.2) is 17.4 Å². The third-order valence-electron chi connectivity index (χ3n) is 2.03. The molecule has 5 heteroatoms. The summed E-state index contributed by atoms with van der Waals surface area (Å²) in [7, 11) is 1.88. The fourth-order valence-electron chi connectivity index (χ4n) is 1.23. The van der Waals surface area contributed by atoms with Crippen LogP contribution in [0, 0.1) is 0 Å². The lowest BCUT2D eigenvalue weighted by Gasteiger charge is -1.98. The minimum atomic E-state index is -0.181. The maximum absolute atomic E-state index is 11.3. The molecule has 1 aromatic heterocycles. The molecular weight excluding hydrogens is 224 g/mol. The highest BCUT2D eigenvalue weighted by atomic mass is 32.2. The zero-order valence-electron chi connectivity index (χ0n) is 9.56. The topological polar surface area (TPSA) is 52.0 Å². The molecule has 1 heterocycles. The number of hydrogen-bond acceptors (Lipinski definition) is 4. The Hall–Kier alpha value is -1.36. The Morgan fingerprint density at radius 2 is 2.25 bits per heavy atom. The summed E-state index contributed by atoms with van der Waals surface area (Å²) in [5.74, 6) is -0.302. The number of aromatic nitrogens is 2. The Kier molecular flexibility index (Phi) is 4.49. The first kappa shape index (κ1) is 12.7. The number of Topliss-reactive ketones (excluding diaryl/α,β-unsaturated/α-hetero) is 1. The molecule has 0 aromatic carbocycles. The van der Waals surface area contributed by atoms with E-state index in [-0.39, 0.29) is 18.0 Å². The van der Waals surface area contributed by atoms with Gasteiger partial charge in [-0.1, -0.05) is 11.8 Å². The summed E-state index contributed by atoms with van der Waals surface area (Å²) in [5.41, 5.74) is 0.848. The zero-order valence-corrected chi connectivity index (χ0v) is 10.4. The molecule has 1 rings (SSSR count). The highest BCUT2D eigenvalue weighted by molar-refractivity contribution is 7.98. The van der Waals surface area contributed by atoms with Crippen molar-refractivity contribution in [3.05, 3.63) is 18.0 Å². The van der Waals surface area contributed by atoms with E-state index in [1.165, 1.54) is 13.0 Å². The molecule has 0 unspecified atom stereocenters. The van der Waals surface area contributed by atoms with E-state index in [4.69, 9.17) is 0 Å². The van der Waals surface area contributed by atoms with Crippen LogP contribution in [0.4, 0.5) is 0 Å². The molecule has 16 heavy (non-hydrogen) atoms. The van der Waals surface area contributed by atoms with Gasteiger partial charge in [-0.25, -0.2) is 4.98 Å². The summed E-state index contributed by atoms with van der Waals surface area (Å²) in [6, 6.07) is 0. The van der Waals surface area contributed by atoms with Gasteiger partial charge in [0.15, 0.2) is 10.9 Å². The third-order valence-corrected chi connectivity index (χ3v) is 2.77. The smallest absolute Gasteiger partial charge is 0.167 e. The second-order valence-electron chi connectivity index (χ2n) is 3.41. The van der Waals surface area contributed by atoms with Gasteiger partial charge in [-0.05, 0) is 25.3 Å². The second kappa shape index (κ2) is 5.65. The van der Waals surface area contributed by atoms with Crippen molar-refractivity contribution in [3.63, 3.8) is 0 Å². The first-order chi connectivity index (χ1) is 7.54. The second-order valence-corrected chi connectivity index (χ2v) is 4.18. The first-order valence-electron chi connectivity index (χ1n) is 4.80. The standard InChI is InChI=1S/C11H14N2O2S/c1-8(14)6-10(15)5-4-9-7-12-11(16-3)13(9)2/h4-5,7H,6H2,1-3H3/b5-4+. The molecule has 0 bridgehead atoms. The van der Waals surface area contributed by atoms with Crippen molar-refractivity contribution in [2.75, 3.05) is 6.26 Å². The van der Waals surface area contributed by atoms with Crippen molar-refractivity contribution in [1.82, 2.24) is 9.55 Å². The van der Waals surface area contributed by atoms with Gasteiger partial charge in [0.05, 0.1) is 18.3 Å². The molecule has 0 amide bonds. The van der Waals surface area contributed by atoms with Crippen LogP contribution < -0.4 is 0 Å². The van der Waals surface area contributed by atoms with Crippen LogP contribution in [0.2, 0.25) is 0 Å². The van der Waals surface area contributed by atoms with E-state index < -0.39 is 0 Å². The Bertz CT molecular complexity index is 435. The van der Waals surface area contributed by atoms with Crippen molar-refractivity contribution in [2.24, 2.45) is 7.05 Å². The summed E-state index contributed by atoms with van der Waals surface area (Å²) in [5, 5.41) is 0.888. The molecule has 0 spiro atoms. The summed E-state index contributed by atoms with van der Waals surface area (Å²) in [6.45, 7) is 1.40. The Morgan fingerprint density at radius 1 is 1.56 bits per heavy atom. The number of thioether (sulfide) groups is 1. The van der Waals surface area contributed by atoms with Crippen LogP contribution in [-0.4, -0.2) is 27.4 Å². The minimum absolute atomic E-state index is 0.0380. The number of carbonyl (C=O) groups excluding carboxylic acids is 2. The molecule has 0 saturated heterocycles. The van der Waals surface area contributed by atoms with E-state index in [2.05, 4.69) is 4.98 Å². The van der Waals surface area contributed by atoms with Gasteiger partial charge in [0.1, 0.15) is 5.78 Å². The van der Waals surface area contributed by atoms with Gasteiger partial charge in [-0.3, -0.25) is 9.59 Å². The van der Waals surface area contributed by atoms with Crippen molar-refractivity contribution in [2.45, 2.75) is 18.5 Å². The maximum atomic E-state index is 11.3. The van der Waals surface area contributed by atoms with Crippen LogP contribution in [0.25, 0.3) is 6.08 Å². The lowest BCUT2D eigenvalue weighted by Crippen LogP contribution is -2.00. The van der Waals surface area contributed by atoms with Crippen molar-refractivity contribution < 1.29 is 9.59 Å². The van der Waals surface area contributed by atoms with Crippen LogP contribution in [0.5, 0.6) is 0 Å². The van der Waals surface area contributed by atoms with E-state index in [1.807, 2.05) is 17.9 Å². The first-order valence-corrected chi connectivity index (χ1v) is 6.03. The van der Waals surface area contributed by atoms with E-state index in [1.54, 1.807) is 24.0 Å². The highest BCUT2D eigenvalue weighted by Gasteiger charge is 2.04. The maximum Gasteiger partial charge on any atom is 0.167 e. The van der Waals surface area contributed by atoms with Gasteiger partial charge in [-0.15, -0.1) is 0 Å². The molecule has 86 valence electrons. The number of carbonyl (C=O) groups is 2. The lowest BCUT2D eigenvalue weighted by atomic mass is 10.2. The predicted octanol–water partition coefficient (Wildman–Crippen LogP) is 1.70. The molecule has 0 aliphatic carbocycles. The molecule has 0 aliphatic heterocycles. The predicted molar refractivity (Wildman–Crippen MR) is 64.3 cm³/mol. The van der Waals surface area contributed by atoms with Crippen molar-refractivity contribution in [3.8, 4) is 0 Å². The summed E-state index contributed by atoms with van der Waals surface area (Å²) in [6.07, 6.45) is 6.70. The van der Waals surface area contributed by atoms with E-state index in [0.717, 1.165) is 10.9 Å². The fourth-order valence-corrected chi connectivity index (χ4v) is 1.77. The summed E-state index contributed by atoms with van der Waals surface area (Å²) < 4.78 is 1.89. The molecule has 4 nitrogen and oxygen atoms in total. The quantitative estimate of drug-likeness (QED) is 0.445. The monoisotopic (exact) mass is 238 g/mol. The number of nitrogens with zero attached hydrogens (tertiary/aromatic N) is 2. The van der Waals surface area contributed by atoms with Gasteiger partial charge < -0.3 is 4.57 Å². The Balaban J connectivity index is 2.72. The summed E-state index contributed by atoms with van der Waals surface area (Å²) >= 11 is 1.54. The molecule has 0 fully saturated rings. The number of ketones is 2. The molecule has 0 radical (unpaired) electrons. The number of rotatable bonds is 5. The summed E-state index contributed by atoms with van der Waals surface area (Å²) in [4.78, 5) is 26.1. The molecule has 1 aromatic rings. The van der Waals surface area contributed by atoms with Gasteiger partial charge in [-0.2, -0.15) is 0 Å². The number of imidazole rings is 1. The largest absolute Gasteiger partial charge is 0.323 e. The molecular formula is C11H14N2O2S. The highest BCUT2D eigenvalue weighted by Crippen LogP contribution is 2.14. The molecule has 0 saturated carbocycles. The van der Waals surface area contributed by atoms with Crippen molar-refractivity contribution >= 4 is 29.4 Å². The van der Waals surface area contributed by atoms with E-state index >= 15 is 0 Å². The average molecular weight is 238 g/mol. The normalized spacial score (nSPS) is 10.9. The van der Waals surface area contributed by atoms with E-state index in [9.17, 15) is 9.59 Å². The van der Waals surface area contributed by atoms with Gasteiger partial charge in [0, 0.05) is 7.05 Å². The van der Waals surface area contributed by atoms with Gasteiger partial charge in [0.2, 0.25) is 0 Å². The van der Waals surface area contributed by atoms with Crippen LogP contribution in [0.1, 0.15) is 19.0 Å². The molecule has 0 N–H and O–H groups in total. The van der Waals surface area contributed by atoms with Gasteiger partial charge in [0.25, 0.3) is 0 Å². The van der Waals surface area contributed by atoms with E-state index in [0.29, 0.717) is 0 Å². The molecule has 0 aliphatic rings.